The predicted molar refractivity (Wildman–Crippen MR) is 52.3 cm³/mol. The number of hydrogen-bond donors (Lipinski definition) is 1. The summed E-state index contributed by atoms with van der Waals surface area (Å²) in [6.07, 6.45) is 0.626. The molecule has 0 radical (unpaired) electrons. The molecule has 0 atom stereocenters. The molecular formula is C9H10ClNO2. The number of anilines is 1. The van der Waals surface area contributed by atoms with Gasteiger partial charge in [-0.05, 0) is 12.1 Å². The summed E-state index contributed by atoms with van der Waals surface area (Å²) in [6.45, 7) is 0.464. The van der Waals surface area contributed by atoms with Crippen LogP contribution in [0.3, 0.4) is 0 Å². The number of rotatable bonds is 5. The molecule has 0 saturated heterocycles. The third-order valence-corrected chi connectivity index (χ3v) is 1.56. The standard InChI is InChI=1S/C9H10ClNO2/c10-4-5-13-9-3-1-2-8(6-9)11-7-12/h1-3,6-7H,4-5H2,(H,11,12). The van der Waals surface area contributed by atoms with Crippen molar-refractivity contribution in [3.63, 3.8) is 0 Å². The normalized spacial score (nSPS) is 9.31. The highest BCUT2D eigenvalue weighted by Gasteiger charge is 1.94. The van der Waals surface area contributed by atoms with Gasteiger partial charge in [0.2, 0.25) is 6.41 Å². The van der Waals surface area contributed by atoms with Gasteiger partial charge in [0, 0.05) is 11.8 Å². The molecule has 0 aliphatic carbocycles. The van der Waals surface area contributed by atoms with Crippen LogP contribution in [0, 0.1) is 0 Å². The van der Waals surface area contributed by atoms with Crippen molar-refractivity contribution in [2.45, 2.75) is 0 Å². The first kappa shape index (κ1) is 9.86. The first-order valence-electron chi connectivity index (χ1n) is 3.86. The van der Waals surface area contributed by atoms with Gasteiger partial charge in [-0.2, -0.15) is 0 Å². The fourth-order valence-corrected chi connectivity index (χ4v) is 0.977. The van der Waals surface area contributed by atoms with E-state index in [2.05, 4.69) is 5.32 Å². The quantitative estimate of drug-likeness (QED) is 0.581. The van der Waals surface area contributed by atoms with E-state index in [4.69, 9.17) is 16.3 Å². The van der Waals surface area contributed by atoms with Crippen molar-refractivity contribution in [1.82, 2.24) is 0 Å². The van der Waals surface area contributed by atoms with Gasteiger partial charge >= 0.3 is 0 Å². The molecule has 1 rings (SSSR count). The lowest BCUT2D eigenvalue weighted by molar-refractivity contribution is -0.105. The van der Waals surface area contributed by atoms with Gasteiger partial charge in [-0.3, -0.25) is 4.79 Å². The molecule has 0 aromatic heterocycles. The zero-order valence-corrected chi connectivity index (χ0v) is 7.75. The number of halogens is 1. The summed E-state index contributed by atoms with van der Waals surface area (Å²) >= 11 is 5.46. The average molecular weight is 200 g/mol. The predicted octanol–water partition coefficient (Wildman–Crippen LogP) is 1.87. The highest BCUT2D eigenvalue weighted by Crippen LogP contribution is 2.16. The summed E-state index contributed by atoms with van der Waals surface area (Å²) in [6, 6.07) is 7.13. The lowest BCUT2D eigenvalue weighted by Gasteiger charge is -2.05. The number of nitrogens with one attached hydrogen (secondary N) is 1. The average Bonchev–Trinajstić information content (AvgIpc) is 2.16. The van der Waals surface area contributed by atoms with E-state index in [1.165, 1.54) is 0 Å². The summed E-state index contributed by atoms with van der Waals surface area (Å²) in [5.41, 5.74) is 0.710. The molecular weight excluding hydrogens is 190 g/mol. The fraction of sp³-hybridized carbons (Fsp3) is 0.222. The van der Waals surface area contributed by atoms with Gasteiger partial charge in [-0.1, -0.05) is 6.07 Å². The van der Waals surface area contributed by atoms with Gasteiger partial charge in [-0.15, -0.1) is 11.6 Å². The topological polar surface area (TPSA) is 38.3 Å². The first-order chi connectivity index (χ1) is 6.36. The van der Waals surface area contributed by atoms with E-state index in [9.17, 15) is 4.79 Å². The van der Waals surface area contributed by atoms with Gasteiger partial charge in [0.25, 0.3) is 0 Å². The SMILES string of the molecule is O=CNc1cccc(OCCCl)c1. The van der Waals surface area contributed by atoms with E-state index in [1.807, 2.05) is 6.07 Å². The molecule has 0 spiro atoms. The number of carbonyl (C=O) groups is 1. The summed E-state index contributed by atoms with van der Waals surface area (Å²) in [4.78, 5) is 10.1. The Kier molecular flexibility index (Phi) is 4.12. The van der Waals surface area contributed by atoms with Crippen LogP contribution in [-0.2, 0) is 4.79 Å². The molecule has 0 heterocycles. The van der Waals surface area contributed by atoms with Gasteiger partial charge in [0.05, 0.1) is 5.88 Å². The molecule has 4 heteroatoms. The van der Waals surface area contributed by atoms with E-state index >= 15 is 0 Å². The van der Waals surface area contributed by atoms with Gasteiger partial charge in [0.1, 0.15) is 12.4 Å². The molecule has 0 aliphatic rings. The zero-order valence-electron chi connectivity index (χ0n) is 7.00. The largest absolute Gasteiger partial charge is 0.492 e. The Bertz CT molecular complexity index is 278. The lowest BCUT2D eigenvalue weighted by atomic mass is 10.3. The molecule has 3 nitrogen and oxygen atoms in total. The molecule has 0 fully saturated rings. The maximum Gasteiger partial charge on any atom is 0.211 e. The van der Waals surface area contributed by atoms with Crippen LogP contribution in [0.4, 0.5) is 5.69 Å². The molecule has 0 aliphatic heterocycles. The van der Waals surface area contributed by atoms with Crippen molar-refractivity contribution in [3.05, 3.63) is 24.3 Å². The lowest BCUT2D eigenvalue weighted by Crippen LogP contribution is -1.99. The minimum absolute atomic E-state index is 0.450. The molecule has 13 heavy (non-hydrogen) atoms. The number of carbonyl (C=O) groups excluding carboxylic acids is 1. The van der Waals surface area contributed by atoms with Gasteiger partial charge < -0.3 is 10.1 Å². The van der Waals surface area contributed by atoms with Crippen molar-refractivity contribution in [1.29, 1.82) is 0 Å². The van der Waals surface area contributed by atoms with Crippen LogP contribution in [0.5, 0.6) is 5.75 Å². The summed E-state index contributed by atoms with van der Waals surface area (Å²) < 4.78 is 5.25. The minimum atomic E-state index is 0.450. The van der Waals surface area contributed by atoms with Crippen LogP contribution in [-0.4, -0.2) is 18.9 Å². The summed E-state index contributed by atoms with van der Waals surface area (Å²) in [7, 11) is 0. The molecule has 0 unspecified atom stereocenters. The summed E-state index contributed by atoms with van der Waals surface area (Å²) in [5, 5.41) is 2.53. The van der Waals surface area contributed by atoms with Crippen LogP contribution in [0.25, 0.3) is 0 Å². The highest BCUT2D eigenvalue weighted by atomic mass is 35.5. The number of hydrogen-bond acceptors (Lipinski definition) is 2. The molecule has 70 valence electrons. The van der Waals surface area contributed by atoms with E-state index < -0.39 is 0 Å². The number of amides is 1. The second-order valence-corrected chi connectivity index (χ2v) is 2.71. The van der Waals surface area contributed by atoms with Crippen LogP contribution in [0.2, 0.25) is 0 Å². The van der Waals surface area contributed by atoms with Gasteiger partial charge in [0.15, 0.2) is 0 Å². The zero-order chi connectivity index (χ0) is 9.52. The molecule has 1 amide bonds. The second-order valence-electron chi connectivity index (χ2n) is 2.33. The number of alkyl halides is 1. The molecule has 0 bridgehead atoms. The molecule has 1 N–H and O–H groups in total. The number of ether oxygens (including phenoxy) is 1. The number of benzene rings is 1. The Hall–Kier alpha value is -1.22. The maximum atomic E-state index is 10.1. The molecule has 0 saturated carbocycles. The van der Waals surface area contributed by atoms with Crippen molar-refractivity contribution >= 4 is 23.7 Å². The Balaban J connectivity index is 2.61. The third-order valence-electron chi connectivity index (χ3n) is 1.41. The second kappa shape index (κ2) is 5.43. The van der Waals surface area contributed by atoms with E-state index in [-0.39, 0.29) is 0 Å². The van der Waals surface area contributed by atoms with Crippen LogP contribution < -0.4 is 10.1 Å². The molecule has 1 aromatic carbocycles. The van der Waals surface area contributed by atoms with Crippen LogP contribution in [0.1, 0.15) is 0 Å². The van der Waals surface area contributed by atoms with Crippen molar-refractivity contribution in [2.24, 2.45) is 0 Å². The minimum Gasteiger partial charge on any atom is -0.492 e. The van der Waals surface area contributed by atoms with Crippen molar-refractivity contribution in [2.75, 3.05) is 17.8 Å². The third kappa shape index (κ3) is 3.34. The van der Waals surface area contributed by atoms with Gasteiger partial charge in [-0.25, -0.2) is 0 Å². The van der Waals surface area contributed by atoms with Crippen LogP contribution >= 0.6 is 11.6 Å². The van der Waals surface area contributed by atoms with E-state index in [0.29, 0.717) is 30.3 Å². The summed E-state index contributed by atoms with van der Waals surface area (Å²) in [5.74, 6) is 1.15. The highest BCUT2D eigenvalue weighted by molar-refractivity contribution is 6.18. The van der Waals surface area contributed by atoms with E-state index in [1.54, 1.807) is 18.2 Å². The van der Waals surface area contributed by atoms with E-state index in [0.717, 1.165) is 0 Å². The first-order valence-corrected chi connectivity index (χ1v) is 4.39. The molecule has 1 aromatic rings. The fourth-order valence-electron chi connectivity index (χ4n) is 0.900. The van der Waals surface area contributed by atoms with Crippen molar-refractivity contribution < 1.29 is 9.53 Å². The Morgan fingerprint density at radius 2 is 2.38 bits per heavy atom. The van der Waals surface area contributed by atoms with Crippen molar-refractivity contribution in [3.8, 4) is 5.75 Å². The Morgan fingerprint density at radius 3 is 3.08 bits per heavy atom. The Labute approximate surface area is 81.7 Å². The maximum absolute atomic E-state index is 10.1. The Morgan fingerprint density at radius 1 is 1.54 bits per heavy atom. The smallest absolute Gasteiger partial charge is 0.211 e. The monoisotopic (exact) mass is 199 g/mol. The van der Waals surface area contributed by atoms with Crippen LogP contribution in [0.15, 0.2) is 24.3 Å².